The largest absolute Gasteiger partial charge is 0.495 e. The van der Waals surface area contributed by atoms with E-state index in [2.05, 4.69) is 5.32 Å². The molecule has 0 aromatic heterocycles. The maximum Gasteiger partial charge on any atom is 0.251 e. The molecule has 0 radical (unpaired) electrons. The Morgan fingerprint density at radius 3 is 2.48 bits per heavy atom. The number of carbonyl (C=O) groups is 1. The minimum Gasteiger partial charge on any atom is -0.495 e. The Morgan fingerprint density at radius 2 is 1.88 bits per heavy atom. The summed E-state index contributed by atoms with van der Waals surface area (Å²) in [5.74, 6) is -0.797. The van der Waals surface area contributed by atoms with E-state index in [0.717, 1.165) is 4.31 Å². The van der Waals surface area contributed by atoms with Gasteiger partial charge in [-0.05, 0) is 24.3 Å². The first kappa shape index (κ1) is 18.9. The van der Waals surface area contributed by atoms with Gasteiger partial charge in [0.1, 0.15) is 16.5 Å². The summed E-state index contributed by atoms with van der Waals surface area (Å²) in [6.45, 7) is -0.00665. The second-order valence-electron chi connectivity index (χ2n) is 5.43. The first-order valence-electron chi connectivity index (χ1n) is 7.39. The molecule has 2 aromatic carbocycles. The van der Waals surface area contributed by atoms with E-state index in [1.54, 1.807) is 18.2 Å². The van der Waals surface area contributed by atoms with Gasteiger partial charge in [0.2, 0.25) is 10.0 Å². The van der Waals surface area contributed by atoms with Crippen molar-refractivity contribution >= 4 is 15.9 Å². The first-order chi connectivity index (χ1) is 11.8. The molecule has 0 heterocycles. The smallest absolute Gasteiger partial charge is 0.251 e. The molecule has 6 nitrogen and oxygen atoms in total. The third-order valence-electron chi connectivity index (χ3n) is 3.58. The molecule has 0 aliphatic rings. The lowest BCUT2D eigenvalue weighted by Gasteiger charge is -2.15. The van der Waals surface area contributed by atoms with Gasteiger partial charge in [-0.3, -0.25) is 4.79 Å². The molecule has 0 atom stereocenters. The molecule has 0 saturated carbocycles. The Morgan fingerprint density at radius 1 is 1.20 bits per heavy atom. The lowest BCUT2D eigenvalue weighted by molar-refractivity contribution is 0.0950. The number of hydrogen-bond acceptors (Lipinski definition) is 4. The molecule has 1 N–H and O–H groups in total. The van der Waals surface area contributed by atoms with Crippen molar-refractivity contribution in [1.29, 1.82) is 0 Å². The molecule has 0 aliphatic carbocycles. The van der Waals surface area contributed by atoms with Gasteiger partial charge in [-0.25, -0.2) is 17.1 Å². The molecule has 0 aliphatic heterocycles. The molecule has 25 heavy (non-hydrogen) atoms. The van der Waals surface area contributed by atoms with Crippen molar-refractivity contribution in [3.63, 3.8) is 0 Å². The number of halogens is 1. The van der Waals surface area contributed by atoms with Crippen LogP contribution in [0.1, 0.15) is 15.9 Å². The number of methoxy groups -OCH3 is 1. The standard InChI is InChI=1S/C17H19FN2O4S/c1-20(2)25(22,23)16-10-12(8-9-15(16)24-3)17(21)19-11-13-6-4-5-7-14(13)18/h4-10H,11H2,1-3H3,(H,19,21). The Kier molecular flexibility index (Phi) is 5.76. The van der Waals surface area contributed by atoms with Crippen LogP contribution in [0.25, 0.3) is 0 Å². The zero-order valence-electron chi connectivity index (χ0n) is 14.1. The van der Waals surface area contributed by atoms with E-state index in [1.807, 2.05) is 0 Å². The third-order valence-corrected chi connectivity index (χ3v) is 5.42. The van der Waals surface area contributed by atoms with Crippen LogP contribution >= 0.6 is 0 Å². The number of amides is 1. The van der Waals surface area contributed by atoms with Crippen molar-refractivity contribution in [3.8, 4) is 5.75 Å². The predicted molar refractivity (Wildman–Crippen MR) is 91.4 cm³/mol. The van der Waals surface area contributed by atoms with E-state index in [1.165, 1.54) is 45.5 Å². The Bertz CT molecular complexity index is 882. The van der Waals surface area contributed by atoms with Crippen LogP contribution in [0.4, 0.5) is 4.39 Å². The number of hydrogen-bond donors (Lipinski definition) is 1. The van der Waals surface area contributed by atoms with Crippen LogP contribution in [0.3, 0.4) is 0 Å². The van der Waals surface area contributed by atoms with E-state index in [9.17, 15) is 17.6 Å². The van der Waals surface area contributed by atoms with Gasteiger partial charge in [-0.15, -0.1) is 0 Å². The summed E-state index contributed by atoms with van der Waals surface area (Å²) >= 11 is 0. The van der Waals surface area contributed by atoms with Crippen LogP contribution in [-0.2, 0) is 16.6 Å². The third kappa shape index (κ3) is 4.15. The number of benzene rings is 2. The molecule has 1 amide bonds. The number of carbonyl (C=O) groups excluding carboxylic acids is 1. The maximum atomic E-state index is 13.6. The van der Waals surface area contributed by atoms with Crippen LogP contribution < -0.4 is 10.1 Å². The summed E-state index contributed by atoms with van der Waals surface area (Å²) in [6.07, 6.45) is 0. The summed E-state index contributed by atoms with van der Waals surface area (Å²) in [5.41, 5.74) is 0.475. The molecule has 2 aromatic rings. The predicted octanol–water partition coefficient (Wildman–Crippen LogP) is 2.01. The first-order valence-corrected chi connectivity index (χ1v) is 8.83. The summed E-state index contributed by atoms with van der Waals surface area (Å²) in [5, 5.41) is 2.57. The highest BCUT2D eigenvalue weighted by molar-refractivity contribution is 7.89. The van der Waals surface area contributed by atoms with Crippen molar-refractivity contribution in [2.45, 2.75) is 11.4 Å². The van der Waals surface area contributed by atoms with Gasteiger partial charge in [0.05, 0.1) is 7.11 Å². The highest BCUT2D eigenvalue weighted by atomic mass is 32.2. The fourth-order valence-corrected chi connectivity index (χ4v) is 3.21. The van der Waals surface area contributed by atoms with Crippen molar-refractivity contribution in [2.24, 2.45) is 0 Å². The van der Waals surface area contributed by atoms with Crippen LogP contribution in [0.2, 0.25) is 0 Å². The van der Waals surface area contributed by atoms with Gasteiger partial charge in [0.25, 0.3) is 5.91 Å². The fourth-order valence-electron chi connectivity index (χ4n) is 2.14. The summed E-state index contributed by atoms with van der Waals surface area (Å²) < 4.78 is 44.5. The monoisotopic (exact) mass is 366 g/mol. The van der Waals surface area contributed by atoms with Crippen LogP contribution in [0.15, 0.2) is 47.4 Å². The summed E-state index contributed by atoms with van der Waals surface area (Å²) in [4.78, 5) is 12.2. The number of nitrogens with one attached hydrogen (secondary N) is 1. The lowest BCUT2D eigenvalue weighted by atomic mass is 10.2. The quantitative estimate of drug-likeness (QED) is 0.849. The highest BCUT2D eigenvalue weighted by Crippen LogP contribution is 2.26. The molecule has 2 rings (SSSR count). The van der Waals surface area contributed by atoms with E-state index >= 15 is 0 Å². The number of rotatable bonds is 6. The molecule has 0 unspecified atom stereocenters. The second-order valence-corrected chi connectivity index (χ2v) is 7.55. The van der Waals surface area contributed by atoms with E-state index in [4.69, 9.17) is 4.74 Å². The van der Waals surface area contributed by atoms with Gasteiger partial charge in [0.15, 0.2) is 0 Å². The van der Waals surface area contributed by atoms with Gasteiger partial charge < -0.3 is 10.1 Å². The van der Waals surface area contributed by atoms with Crippen molar-refractivity contribution in [2.75, 3.05) is 21.2 Å². The second kappa shape index (κ2) is 7.62. The summed E-state index contributed by atoms with van der Waals surface area (Å²) in [6, 6.07) is 10.2. The van der Waals surface area contributed by atoms with Crippen molar-refractivity contribution < 1.29 is 22.3 Å². The fraction of sp³-hybridized carbons (Fsp3) is 0.235. The minimum absolute atomic E-state index is 0.00665. The molecular weight excluding hydrogens is 347 g/mol. The Balaban J connectivity index is 2.28. The van der Waals surface area contributed by atoms with Gasteiger partial charge in [-0.2, -0.15) is 0 Å². The minimum atomic E-state index is -3.78. The number of nitrogens with zero attached hydrogens (tertiary/aromatic N) is 1. The Hall–Kier alpha value is -2.45. The number of sulfonamides is 1. The summed E-state index contributed by atoms with van der Waals surface area (Å²) in [7, 11) is 0.345. The van der Waals surface area contributed by atoms with Crippen LogP contribution in [0, 0.1) is 5.82 Å². The zero-order valence-corrected chi connectivity index (χ0v) is 14.9. The molecule has 0 spiro atoms. The van der Waals surface area contributed by atoms with Crippen molar-refractivity contribution in [1.82, 2.24) is 9.62 Å². The van der Waals surface area contributed by atoms with E-state index < -0.39 is 21.7 Å². The molecule has 0 fully saturated rings. The SMILES string of the molecule is COc1ccc(C(=O)NCc2ccccc2F)cc1S(=O)(=O)N(C)C. The van der Waals surface area contributed by atoms with Gasteiger partial charge >= 0.3 is 0 Å². The molecule has 134 valence electrons. The normalized spacial score (nSPS) is 11.4. The van der Waals surface area contributed by atoms with Crippen molar-refractivity contribution in [3.05, 3.63) is 59.4 Å². The van der Waals surface area contributed by atoms with Crippen LogP contribution in [0.5, 0.6) is 5.75 Å². The number of ether oxygens (including phenoxy) is 1. The average molecular weight is 366 g/mol. The topological polar surface area (TPSA) is 75.7 Å². The Labute approximate surface area is 146 Å². The molecule has 8 heteroatoms. The van der Waals surface area contributed by atoms with Gasteiger partial charge in [-0.1, -0.05) is 18.2 Å². The lowest BCUT2D eigenvalue weighted by Crippen LogP contribution is -2.25. The molecular formula is C17H19FN2O4S. The maximum absolute atomic E-state index is 13.6. The van der Waals surface area contributed by atoms with Gasteiger partial charge in [0, 0.05) is 31.8 Å². The molecule has 0 saturated heterocycles. The average Bonchev–Trinajstić information content (AvgIpc) is 2.60. The van der Waals surface area contributed by atoms with E-state index in [0.29, 0.717) is 5.56 Å². The highest BCUT2D eigenvalue weighted by Gasteiger charge is 2.23. The van der Waals surface area contributed by atoms with Crippen LogP contribution in [-0.4, -0.2) is 39.8 Å². The molecule has 0 bridgehead atoms. The zero-order chi connectivity index (χ0) is 18.6. The van der Waals surface area contributed by atoms with E-state index in [-0.39, 0.29) is 22.8 Å².